The van der Waals surface area contributed by atoms with Crippen molar-refractivity contribution in [2.24, 2.45) is 0 Å². The summed E-state index contributed by atoms with van der Waals surface area (Å²) >= 11 is 6.04. The predicted molar refractivity (Wildman–Crippen MR) is 121 cm³/mol. The molecule has 1 fully saturated rings. The first-order valence-corrected chi connectivity index (χ1v) is 10.7. The van der Waals surface area contributed by atoms with Gasteiger partial charge in [-0.05, 0) is 28.8 Å². The Kier molecular flexibility index (Phi) is 8.90. The fourth-order valence-corrected chi connectivity index (χ4v) is 3.65. The lowest BCUT2D eigenvalue weighted by atomic mass is 9.99. The quantitative estimate of drug-likeness (QED) is 0.326. The van der Waals surface area contributed by atoms with Gasteiger partial charge >= 0.3 is 5.97 Å². The highest BCUT2D eigenvalue weighted by molar-refractivity contribution is 6.30. The standard InChI is InChI=1S/C24H29ClN2O3/c1-2-16-30-24(28)19-29-17-15-26-11-13-27(14-12-26)18-21-5-3-4-6-23(21)20-7-9-22(25)10-8-20/h2-10H,1,11-19H2. The van der Waals surface area contributed by atoms with E-state index >= 15 is 0 Å². The van der Waals surface area contributed by atoms with Crippen LogP contribution < -0.4 is 0 Å². The molecule has 0 unspecified atom stereocenters. The number of benzene rings is 2. The van der Waals surface area contributed by atoms with E-state index in [0.29, 0.717) is 6.61 Å². The van der Waals surface area contributed by atoms with Crippen molar-refractivity contribution >= 4 is 17.6 Å². The van der Waals surface area contributed by atoms with Crippen LogP contribution in [0.15, 0.2) is 61.2 Å². The second-order valence-electron chi connectivity index (χ2n) is 7.31. The number of hydrogen-bond acceptors (Lipinski definition) is 5. The average Bonchev–Trinajstić information content (AvgIpc) is 2.77. The molecule has 1 aliphatic heterocycles. The first kappa shape index (κ1) is 22.5. The molecule has 0 bridgehead atoms. The summed E-state index contributed by atoms with van der Waals surface area (Å²) in [5, 5.41) is 0.755. The topological polar surface area (TPSA) is 42.0 Å². The second-order valence-corrected chi connectivity index (χ2v) is 7.74. The minimum Gasteiger partial charge on any atom is -0.460 e. The molecular formula is C24H29ClN2O3. The summed E-state index contributed by atoms with van der Waals surface area (Å²) in [6.07, 6.45) is 1.55. The van der Waals surface area contributed by atoms with E-state index in [1.54, 1.807) is 6.08 Å². The third kappa shape index (κ3) is 6.96. The van der Waals surface area contributed by atoms with Crippen LogP contribution in [0.2, 0.25) is 5.02 Å². The Morgan fingerprint density at radius 1 is 1.03 bits per heavy atom. The Morgan fingerprint density at radius 3 is 2.47 bits per heavy atom. The van der Waals surface area contributed by atoms with Gasteiger partial charge in [-0.15, -0.1) is 0 Å². The number of ether oxygens (including phenoxy) is 2. The smallest absolute Gasteiger partial charge is 0.332 e. The van der Waals surface area contributed by atoms with Gasteiger partial charge in [-0.2, -0.15) is 0 Å². The highest BCUT2D eigenvalue weighted by atomic mass is 35.5. The van der Waals surface area contributed by atoms with Gasteiger partial charge in [0.2, 0.25) is 0 Å². The summed E-state index contributed by atoms with van der Waals surface area (Å²) in [6.45, 7) is 10.0. The maximum Gasteiger partial charge on any atom is 0.332 e. The monoisotopic (exact) mass is 428 g/mol. The predicted octanol–water partition coefficient (Wildman–Crippen LogP) is 3.87. The molecule has 2 aromatic carbocycles. The zero-order chi connectivity index (χ0) is 21.2. The number of esters is 1. The molecule has 3 rings (SSSR count). The molecule has 1 saturated heterocycles. The first-order valence-electron chi connectivity index (χ1n) is 10.3. The summed E-state index contributed by atoms with van der Waals surface area (Å²) in [5.41, 5.74) is 3.78. The van der Waals surface area contributed by atoms with Crippen LogP contribution in [-0.2, 0) is 20.8 Å². The van der Waals surface area contributed by atoms with Crippen molar-refractivity contribution in [3.8, 4) is 11.1 Å². The zero-order valence-corrected chi connectivity index (χ0v) is 18.0. The van der Waals surface area contributed by atoms with Gasteiger partial charge in [0.1, 0.15) is 13.2 Å². The van der Waals surface area contributed by atoms with Gasteiger partial charge in [-0.1, -0.05) is 60.7 Å². The molecule has 0 aromatic heterocycles. The van der Waals surface area contributed by atoms with Gasteiger partial charge in [0.25, 0.3) is 0 Å². The van der Waals surface area contributed by atoms with Gasteiger partial charge in [-0.3, -0.25) is 9.80 Å². The summed E-state index contributed by atoms with van der Waals surface area (Å²) < 4.78 is 10.3. The van der Waals surface area contributed by atoms with E-state index < -0.39 is 0 Å². The van der Waals surface area contributed by atoms with Gasteiger partial charge < -0.3 is 9.47 Å². The van der Waals surface area contributed by atoms with Gasteiger partial charge in [0.15, 0.2) is 0 Å². The Labute approximate surface area is 183 Å². The molecule has 1 aliphatic rings. The van der Waals surface area contributed by atoms with Crippen LogP contribution in [0.5, 0.6) is 0 Å². The van der Waals surface area contributed by atoms with Crippen LogP contribution in [0.4, 0.5) is 0 Å². The lowest BCUT2D eigenvalue weighted by molar-refractivity contribution is -0.147. The molecule has 5 nitrogen and oxygen atoms in total. The van der Waals surface area contributed by atoms with Crippen molar-refractivity contribution in [1.82, 2.24) is 9.80 Å². The molecule has 6 heteroatoms. The minimum atomic E-state index is -0.348. The number of rotatable bonds is 10. The molecule has 1 heterocycles. The largest absolute Gasteiger partial charge is 0.460 e. The van der Waals surface area contributed by atoms with Crippen LogP contribution in [0, 0.1) is 0 Å². The second kappa shape index (κ2) is 11.9. The number of carbonyl (C=O) groups excluding carboxylic acids is 1. The van der Waals surface area contributed by atoms with Crippen molar-refractivity contribution in [2.75, 3.05) is 52.5 Å². The summed E-state index contributed by atoms with van der Waals surface area (Å²) in [4.78, 5) is 16.3. The lowest BCUT2D eigenvalue weighted by Gasteiger charge is -2.35. The highest BCUT2D eigenvalue weighted by Gasteiger charge is 2.18. The average molecular weight is 429 g/mol. The number of halogens is 1. The summed E-state index contributed by atoms with van der Waals surface area (Å²) in [7, 11) is 0. The maximum absolute atomic E-state index is 11.4. The van der Waals surface area contributed by atoms with Crippen LogP contribution in [0.25, 0.3) is 11.1 Å². The molecule has 0 saturated carbocycles. The molecule has 160 valence electrons. The van der Waals surface area contributed by atoms with Crippen LogP contribution in [-0.4, -0.2) is 68.3 Å². The molecule has 0 radical (unpaired) electrons. The van der Waals surface area contributed by atoms with E-state index in [4.69, 9.17) is 21.1 Å². The van der Waals surface area contributed by atoms with E-state index in [-0.39, 0.29) is 19.2 Å². The highest BCUT2D eigenvalue weighted by Crippen LogP contribution is 2.26. The molecule has 0 spiro atoms. The van der Waals surface area contributed by atoms with E-state index in [1.165, 1.54) is 16.7 Å². The fraction of sp³-hybridized carbons (Fsp3) is 0.375. The van der Waals surface area contributed by atoms with Crippen LogP contribution in [0.3, 0.4) is 0 Å². The van der Waals surface area contributed by atoms with Crippen molar-refractivity contribution in [3.05, 3.63) is 71.8 Å². The van der Waals surface area contributed by atoms with Gasteiger partial charge in [0.05, 0.1) is 6.61 Å². The molecule has 0 aliphatic carbocycles. The molecule has 0 atom stereocenters. The van der Waals surface area contributed by atoms with Crippen molar-refractivity contribution in [1.29, 1.82) is 0 Å². The van der Waals surface area contributed by atoms with E-state index in [2.05, 4.69) is 52.8 Å². The fourth-order valence-electron chi connectivity index (χ4n) is 3.52. The van der Waals surface area contributed by atoms with E-state index in [1.807, 2.05) is 12.1 Å². The van der Waals surface area contributed by atoms with Crippen molar-refractivity contribution < 1.29 is 14.3 Å². The van der Waals surface area contributed by atoms with Crippen molar-refractivity contribution in [3.63, 3.8) is 0 Å². The maximum atomic E-state index is 11.4. The van der Waals surface area contributed by atoms with E-state index in [9.17, 15) is 4.79 Å². The molecule has 30 heavy (non-hydrogen) atoms. The van der Waals surface area contributed by atoms with Crippen LogP contribution >= 0.6 is 11.6 Å². The van der Waals surface area contributed by atoms with Crippen LogP contribution in [0.1, 0.15) is 5.56 Å². The normalized spacial score (nSPS) is 15.1. The zero-order valence-electron chi connectivity index (χ0n) is 17.3. The third-order valence-electron chi connectivity index (χ3n) is 5.17. The van der Waals surface area contributed by atoms with Crippen molar-refractivity contribution in [2.45, 2.75) is 6.54 Å². The molecule has 2 aromatic rings. The summed E-state index contributed by atoms with van der Waals surface area (Å²) in [5.74, 6) is -0.348. The number of piperazine rings is 1. The Morgan fingerprint density at radius 2 is 1.73 bits per heavy atom. The Bertz CT molecular complexity index is 817. The number of hydrogen-bond donors (Lipinski definition) is 0. The Hall–Kier alpha value is -2.18. The lowest BCUT2D eigenvalue weighted by Crippen LogP contribution is -2.46. The minimum absolute atomic E-state index is 0.00468. The summed E-state index contributed by atoms with van der Waals surface area (Å²) in [6, 6.07) is 16.6. The molecular weight excluding hydrogens is 400 g/mol. The first-order chi connectivity index (χ1) is 14.7. The number of nitrogens with zero attached hydrogens (tertiary/aromatic N) is 2. The van der Waals surface area contributed by atoms with Gasteiger partial charge in [-0.25, -0.2) is 4.79 Å². The van der Waals surface area contributed by atoms with E-state index in [0.717, 1.165) is 44.3 Å². The SMILES string of the molecule is C=CCOC(=O)COCCN1CCN(Cc2ccccc2-c2ccc(Cl)cc2)CC1. The molecule has 0 N–H and O–H groups in total. The third-order valence-corrected chi connectivity index (χ3v) is 5.42. The molecule has 0 amide bonds. The number of carbonyl (C=O) groups is 1. The Balaban J connectivity index is 1.43. The van der Waals surface area contributed by atoms with Gasteiger partial charge in [0, 0.05) is 44.3 Å².